The van der Waals surface area contributed by atoms with Crippen LogP contribution in [0, 0.1) is 31.0 Å². The average molecular weight is 310 g/mol. The third kappa shape index (κ3) is 2.81. The minimum absolute atomic E-state index is 0.110. The second-order valence-corrected chi connectivity index (χ2v) is 7.82. The zero-order valence-electron chi connectivity index (χ0n) is 12.6. The number of nitrogens with zero attached hydrogens (tertiary/aromatic N) is 2. The summed E-state index contributed by atoms with van der Waals surface area (Å²) in [6, 6.07) is 4.34. The first-order chi connectivity index (χ1) is 9.61. The van der Waals surface area contributed by atoms with Gasteiger partial charge in [0.25, 0.3) is 0 Å². The number of nitriles is 1. The molecule has 2 rings (SSSR count). The molecule has 0 bridgehead atoms. The SMILES string of the molecule is Cc1cc(F)cc(C)c1S(=O)(=O)N(C1CC1)C(C)(C)C#N. The Balaban J connectivity index is 2.64. The first-order valence-electron chi connectivity index (χ1n) is 6.84. The molecule has 0 N–H and O–H groups in total. The van der Waals surface area contributed by atoms with Crippen molar-refractivity contribution in [2.24, 2.45) is 0 Å². The fraction of sp³-hybridized carbons (Fsp3) is 0.533. The highest BCUT2D eigenvalue weighted by Crippen LogP contribution is 2.39. The van der Waals surface area contributed by atoms with Crippen molar-refractivity contribution in [1.82, 2.24) is 4.31 Å². The van der Waals surface area contributed by atoms with Gasteiger partial charge in [0.15, 0.2) is 0 Å². The van der Waals surface area contributed by atoms with Crippen molar-refractivity contribution in [3.63, 3.8) is 0 Å². The fourth-order valence-electron chi connectivity index (χ4n) is 2.71. The maximum atomic E-state index is 13.4. The van der Waals surface area contributed by atoms with Crippen LogP contribution in [0.25, 0.3) is 0 Å². The number of hydrogen-bond acceptors (Lipinski definition) is 3. The van der Waals surface area contributed by atoms with E-state index in [1.807, 2.05) is 0 Å². The van der Waals surface area contributed by atoms with Crippen LogP contribution in [0.5, 0.6) is 0 Å². The van der Waals surface area contributed by atoms with Gasteiger partial charge < -0.3 is 0 Å². The van der Waals surface area contributed by atoms with E-state index in [9.17, 15) is 18.1 Å². The molecular formula is C15H19FN2O2S. The third-order valence-corrected chi connectivity index (χ3v) is 6.08. The molecule has 21 heavy (non-hydrogen) atoms. The predicted molar refractivity (Wildman–Crippen MR) is 77.6 cm³/mol. The van der Waals surface area contributed by atoms with Crippen LogP contribution in [0.3, 0.4) is 0 Å². The van der Waals surface area contributed by atoms with Crippen molar-refractivity contribution < 1.29 is 12.8 Å². The van der Waals surface area contributed by atoms with E-state index in [4.69, 9.17) is 0 Å². The third-order valence-electron chi connectivity index (χ3n) is 3.65. The molecule has 0 aliphatic heterocycles. The molecular weight excluding hydrogens is 291 g/mol. The monoisotopic (exact) mass is 310 g/mol. The largest absolute Gasteiger partial charge is 0.245 e. The van der Waals surface area contributed by atoms with E-state index in [2.05, 4.69) is 6.07 Å². The van der Waals surface area contributed by atoms with Gasteiger partial charge in [0.2, 0.25) is 10.0 Å². The summed E-state index contributed by atoms with van der Waals surface area (Å²) in [5.41, 5.74) is -0.397. The second-order valence-electron chi connectivity index (χ2n) is 6.07. The molecule has 1 fully saturated rings. The Bertz CT molecular complexity index is 693. The molecule has 1 aliphatic rings. The number of aryl methyl sites for hydroxylation is 2. The molecule has 0 unspecified atom stereocenters. The van der Waals surface area contributed by atoms with Gasteiger partial charge in [0, 0.05) is 6.04 Å². The molecule has 0 atom stereocenters. The highest BCUT2D eigenvalue weighted by atomic mass is 32.2. The van der Waals surface area contributed by atoms with Crippen molar-refractivity contribution in [3.8, 4) is 6.07 Å². The smallest absolute Gasteiger partial charge is 0.207 e. The summed E-state index contributed by atoms with van der Waals surface area (Å²) in [5.74, 6) is -0.457. The fourth-order valence-corrected chi connectivity index (χ4v) is 5.09. The highest BCUT2D eigenvalue weighted by Gasteiger charge is 2.47. The number of sulfonamides is 1. The molecule has 1 aromatic carbocycles. The van der Waals surface area contributed by atoms with Crippen molar-refractivity contribution in [2.45, 2.75) is 57.0 Å². The quantitative estimate of drug-likeness (QED) is 0.859. The summed E-state index contributed by atoms with van der Waals surface area (Å²) in [6.45, 7) is 6.34. The van der Waals surface area contributed by atoms with Crippen LogP contribution in [0.4, 0.5) is 4.39 Å². The van der Waals surface area contributed by atoms with Gasteiger partial charge >= 0.3 is 0 Å². The lowest BCUT2D eigenvalue weighted by Crippen LogP contribution is -2.48. The molecule has 0 amide bonds. The molecule has 0 aromatic heterocycles. The molecule has 6 heteroatoms. The second kappa shape index (κ2) is 5.08. The number of halogens is 1. The normalized spacial score (nSPS) is 16.0. The van der Waals surface area contributed by atoms with Gasteiger partial charge in [-0.05, 0) is 63.8 Å². The van der Waals surface area contributed by atoms with Crippen LogP contribution in [0.15, 0.2) is 17.0 Å². The standard InChI is InChI=1S/C15H19FN2O2S/c1-10-7-12(16)8-11(2)14(10)21(19,20)18(13-5-6-13)15(3,4)9-17/h7-8,13H,5-6H2,1-4H3. The van der Waals surface area contributed by atoms with E-state index < -0.39 is 21.4 Å². The lowest BCUT2D eigenvalue weighted by atomic mass is 10.1. The zero-order valence-corrected chi connectivity index (χ0v) is 13.5. The molecule has 0 heterocycles. The maximum absolute atomic E-state index is 13.4. The van der Waals surface area contributed by atoms with E-state index in [1.54, 1.807) is 27.7 Å². The summed E-state index contributed by atoms with van der Waals surface area (Å²) >= 11 is 0. The van der Waals surface area contributed by atoms with Crippen LogP contribution in [-0.4, -0.2) is 24.3 Å². The van der Waals surface area contributed by atoms with Gasteiger partial charge in [0.05, 0.1) is 11.0 Å². The molecule has 0 radical (unpaired) electrons. The maximum Gasteiger partial charge on any atom is 0.245 e. The Kier molecular flexibility index (Phi) is 3.85. The number of benzene rings is 1. The minimum atomic E-state index is -3.84. The Morgan fingerprint density at radius 3 is 2.14 bits per heavy atom. The number of hydrogen-bond donors (Lipinski definition) is 0. The molecule has 1 aromatic rings. The van der Waals surface area contributed by atoms with Crippen LogP contribution in [0.2, 0.25) is 0 Å². The van der Waals surface area contributed by atoms with Crippen LogP contribution in [-0.2, 0) is 10.0 Å². The summed E-state index contributed by atoms with van der Waals surface area (Å²) in [6.07, 6.45) is 1.51. The molecule has 1 saturated carbocycles. The van der Waals surface area contributed by atoms with E-state index in [-0.39, 0.29) is 10.9 Å². The van der Waals surface area contributed by atoms with E-state index >= 15 is 0 Å². The lowest BCUT2D eigenvalue weighted by Gasteiger charge is -2.33. The van der Waals surface area contributed by atoms with Gasteiger partial charge in [-0.25, -0.2) is 12.8 Å². The highest BCUT2D eigenvalue weighted by molar-refractivity contribution is 7.89. The Hall–Kier alpha value is -1.45. The van der Waals surface area contributed by atoms with E-state index in [0.717, 1.165) is 12.8 Å². The van der Waals surface area contributed by atoms with Gasteiger partial charge in [-0.3, -0.25) is 0 Å². The lowest BCUT2D eigenvalue weighted by molar-refractivity contribution is 0.280. The van der Waals surface area contributed by atoms with Crippen molar-refractivity contribution in [3.05, 3.63) is 29.1 Å². The molecule has 0 spiro atoms. The van der Waals surface area contributed by atoms with Crippen molar-refractivity contribution in [2.75, 3.05) is 0 Å². The van der Waals surface area contributed by atoms with Crippen molar-refractivity contribution in [1.29, 1.82) is 5.26 Å². The topological polar surface area (TPSA) is 61.2 Å². The van der Waals surface area contributed by atoms with Crippen LogP contribution >= 0.6 is 0 Å². The molecule has 1 aliphatic carbocycles. The van der Waals surface area contributed by atoms with Crippen molar-refractivity contribution >= 4 is 10.0 Å². The minimum Gasteiger partial charge on any atom is -0.207 e. The summed E-state index contributed by atoms with van der Waals surface area (Å²) in [5, 5.41) is 9.32. The molecule has 0 saturated heterocycles. The summed E-state index contributed by atoms with van der Waals surface area (Å²) in [7, 11) is -3.84. The summed E-state index contributed by atoms with van der Waals surface area (Å²) in [4.78, 5) is 0.110. The van der Waals surface area contributed by atoms with Gasteiger partial charge in [0.1, 0.15) is 11.4 Å². The van der Waals surface area contributed by atoms with Crippen LogP contribution < -0.4 is 0 Å². The average Bonchev–Trinajstić information content (AvgIpc) is 3.10. The van der Waals surface area contributed by atoms with Crippen LogP contribution in [0.1, 0.15) is 37.8 Å². The van der Waals surface area contributed by atoms with E-state index in [0.29, 0.717) is 11.1 Å². The van der Waals surface area contributed by atoms with Gasteiger partial charge in [-0.1, -0.05) is 0 Å². The van der Waals surface area contributed by atoms with E-state index in [1.165, 1.54) is 16.4 Å². The predicted octanol–water partition coefficient (Wildman–Crippen LogP) is 2.90. The Morgan fingerprint density at radius 1 is 1.29 bits per heavy atom. The number of rotatable bonds is 4. The van der Waals surface area contributed by atoms with Gasteiger partial charge in [-0.15, -0.1) is 0 Å². The first kappa shape index (κ1) is 15.9. The van der Waals surface area contributed by atoms with Gasteiger partial charge in [-0.2, -0.15) is 9.57 Å². The Labute approximate surface area is 125 Å². The summed E-state index contributed by atoms with van der Waals surface area (Å²) < 4.78 is 40.7. The Morgan fingerprint density at radius 2 is 1.76 bits per heavy atom. The molecule has 114 valence electrons. The first-order valence-corrected chi connectivity index (χ1v) is 8.28. The molecule has 4 nitrogen and oxygen atoms in total. The zero-order chi connectivity index (χ0) is 16.0.